The van der Waals surface area contributed by atoms with Crippen LogP contribution < -0.4 is 0 Å². The van der Waals surface area contributed by atoms with E-state index in [-0.39, 0.29) is 6.61 Å². The topological polar surface area (TPSA) is 46.5 Å². The molecular weight excluding hydrogens is 240 g/mol. The Balaban J connectivity index is 2.39. The first-order valence-corrected chi connectivity index (χ1v) is 6.11. The Morgan fingerprint density at radius 1 is 1.41 bits per heavy atom. The highest BCUT2D eigenvalue weighted by atomic mass is 35.5. The van der Waals surface area contributed by atoms with Crippen LogP contribution in [0.5, 0.6) is 0 Å². The first-order valence-electron chi connectivity index (χ1n) is 5.67. The van der Waals surface area contributed by atoms with Gasteiger partial charge < -0.3 is 9.84 Å². The number of aliphatic hydroxyl groups excluding tert-OH is 1. The summed E-state index contributed by atoms with van der Waals surface area (Å²) < 4.78 is 4.75. The fraction of sp³-hybridized carbons (Fsp3) is 0.462. The zero-order chi connectivity index (χ0) is 12.7. The predicted molar refractivity (Wildman–Crippen MR) is 67.0 cm³/mol. The van der Waals surface area contributed by atoms with Crippen LogP contribution in [0.1, 0.15) is 18.9 Å². The molecule has 0 aromatic heterocycles. The molecule has 1 aromatic carbocycles. The second kappa shape index (κ2) is 7.30. The standard InChI is InChI=1S/C13H17ClO3/c1-2-17-13(16)12(14)11(15)9-8-10-6-4-3-5-7-10/h3-7,11-12,15H,2,8-9H2,1H3/t11-,12-/m1/s1. The van der Waals surface area contributed by atoms with Crippen molar-refractivity contribution in [1.82, 2.24) is 0 Å². The van der Waals surface area contributed by atoms with Crippen LogP contribution >= 0.6 is 11.6 Å². The molecule has 0 aliphatic rings. The van der Waals surface area contributed by atoms with Crippen molar-refractivity contribution in [2.24, 2.45) is 0 Å². The highest BCUT2D eigenvalue weighted by molar-refractivity contribution is 6.30. The number of hydrogen-bond donors (Lipinski definition) is 1. The number of aliphatic hydroxyl groups is 1. The lowest BCUT2D eigenvalue weighted by Crippen LogP contribution is -2.31. The average Bonchev–Trinajstić information content (AvgIpc) is 2.36. The molecule has 0 saturated carbocycles. The minimum atomic E-state index is -0.987. The summed E-state index contributed by atoms with van der Waals surface area (Å²) in [6.45, 7) is 1.98. The van der Waals surface area contributed by atoms with E-state index >= 15 is 0 Å². The number of alkyl halides is 1. The molecule has 0 aliphatic heterocycles. The van der Waals surface area contributed by atoms with Crippen LogP contribution in [0.2, 0.25) is 0 Å². The zero-order valence-corrected chi connectivity index (χ0v) is 10.6. The van der Waals surface area contributed by atoms with Crippen molar-refractivity contribution < 1.29 is 14.6 Å². The molecule has 0 unspecified atom stereocenters. The summed E-state index contributed by atoms with van der Waals surface area (Å²) in [4.78, 5) is 11.3. The molecule has 3 nitrogen and oxygen atoms in total. The van der Waals surface area contributed by atoms with Crippen LogP contribution in [0.25, 0.3) is 0 Å². The number of carbonyl (C=O) groups excluding carboxylic acids is 1. The number of aryl methyl sites for hydroxylation is 1. The predicted octanol–water partition coefficient (Wildman–Crippen LogP) is 2.15. The Morgan fingerprint density at radius 3 is 2.65 bits per heavy atom. The number of carbonyl (C=O) groups is 1. The molecule has 1 aromatic rings. The summed E-state index contributed by atoms with van der Waals surface area (Å²) in [6.07, 6.45) is 0.248. The molecule has 0 heterocycles. The zero-order valence-electron chi connectivity index (χ0n) is 9.80. The van der Waals surface area contributed by atoms with Crippen molar-refractivity contribution >= 4 is 17.6 Å². The van der Waals surface area contributed by atoms with Crippen molar-refractivity contribution in [3.8, 4) is 0 Å². The van der Waals surface area contributed by atoms with Gasteiger partial charge in [-0.3, -0.25) is 4.79 Å². The largest absolute Gasteiger partial charge is 0.465 e. The summed E-state index contributed by atoms with van der Waals surface area (Å²) in [5, 5.41) is 8.76. The van der Waals surface area contributed by atoms with Crippen LogP contribution in [0, 0.1) is 0 Å². The highest BCUT2D eigenvalue weighted by Crippen LogP contribution is 2.12. The fourth-order valence-electron chi connectivity index (χ4n) is 1.48. The fourth-order valence-corrected chi connectivity index (χ4v) is 1.67. The van der Waals surface area contributed by atoms with Gasteiger partial charge in [0.15, 0.2) is 5.38 Å². The minimum absolute atomic E-state index is 0.271. The Hall–Kier alpha value is -1.06. The van der Waals surface area contributed by atoms with E-state index in [9.17, 15) is 9.90 Å². The monoisotopic (exact) mass is 256 g/mol. The Bertz CT molecular complexity index is 340. The Morgan fingerprint density at radius 2 is 2.06 bits per heavy atom. The second-order valence-corrected chi connectivity index (χ2v) is 4.22. The molecule has 0 amide bonds. The van der Waals surface area contributed by atoms with Crippen LogP contribution in [-0.2, 0) is 16.0 Å². The van der Waals surface area contributed by atoms with E-state index in [4.69, 9.17) is 16.3 Å². The number of benzene rings is 1. The number of ether oxygens (including phenoxy) is 1. The average molecular weight is 257 g/mol. The number of rotatable bonds is 6. The van der Waals surface area contributed by atoms with E-state index in [1.807, 2.05) is 30.3 Å². The Labute approximate surface area is 106 Å². The first kappa shape index (κ1) is 14.0. The summed E-state index contributed by atoms with van der Waals surface area (Å²) in [7, 11) is 0. The van der Waals surface area contributed by atoms with E-state index < -0.39 is 17.5 Å². The van der Waals surface area contributed by atoms with Crippen molar-refractivity contribution in [2.45, 2.75) is 31.2 Å². The Kier molecular flexibility index (Phi) is 6.01. The SMILES string of the molecule is CCOC(=O)[C@H](Cl)[C@H](O)CCc1ccccc1. The van der Waals surface area contributed by atoms with Gasteiger partial charge in [0.2, 0.25) is 0 Å². The molecule has 4 heteroatoms. The molecule has 0 radical (unpaired) electrons. The van der Waals surface area contributed by atoms with Crippen LogP contribution in [-0.4, -0.2) is 29.2 Å². The van der Waals surface area contributed by atoms with Gasteiger partial charge in [0.05, 0.1) is 12.7 Å². The molecule has 2 atom stereocenters. The summed E-state index contributed by atoms with van der Waals surface area (Å²) in [5.74, 6) is -0.560. The van der Waals surface area contributed by atoms with E-state index in [1.165, 1.54) is 0 Å². The lowest BCUT2D eigenvalue weighted by molar-refractivity contribution is -0.144. The molecule has 1 rings (SSSR count). The van der Waals surface area contributed by atoms with Crippen LogP contribution in [0.3, 0.4) is 0 Å². The van der Waals surface area contributed by atoms with Gasteiger partial charge in [0.1, 0.15) is 0 Å². The molecule has 17 heavy (non-hydrogen) atoms. The molecule has 94 valence electrons. The number of hydrogen-bond acceptors (Lipinski definition) is 3. The molecule has 1 N–H and O–H groups in total. The van der Waals surface area contributed by atoms with E-state index in [2.05, 4.69) is 0 Å². The van der Waals surface area contributed by atoms with Gasteiger partial charge in [0, 0.05) is 0 Å². The smallest absolute Gasteiger partial charge is 0.326 e. The van der Waals surface area contributed by atoms with Crippen molar-refractivity contribution in [3.05, 3.63) is 35.9 Å². The van der Waals surface area contributed by atoms with Crippen molar-refractivity contribution in [3.63, 3.8) is 0 Å². The number of halogens is 1. The van der Waals surface area contributed by atoms with Gasteiger partial charge >= 0.3 is 5.97 Å². The molecular formula is C13H17ClO3. The molecule has 0 aliphatic carbocycles. The summed E-state index contributed by atoms with van der Waals surface area (Å²) in [5.41, 5.74) is 1.11. The van der Waals surface area contributed by atoms with Gasteiger partial charge in [-0.2, -0.15) is 0 Å². The maximum Gasteiger partial charge on any atom is 0.326 e. The first-order chi connectivity index (χ1) is 8.15. The third-order valence-electron chi connectivity index (χ3n) is 2.42. The molecule has 0 saturated heterocycles. The number of esters is 1. The van der Waals surface area contributed by atoms with Crippen molar-refractivity contribution in [1.29, 1.82) is 0 Å². The summed E-state index contributed by atoms with van der Waals surface area (Å²) >= 11 is 5.80. The molecule has 0 spiro atoms. The van der Waals surface area contributed by atoms with Crippen LogP contribution in [0.4, 0.5) is 0 Å². The van der Waals surface area contributed by atoms with E-state index in [0.717, 1.165) is 5.56 Å². The maximum atomic E-state index is 11.3. The molecule has 0 fully saturated rings. The lowest BCUT2D eigenvalue weighted by Gasteiger charge is -2.15. The minimum Gasteiger partial charge on any atom is -0.465 e. The van der Waals surface area contributed by atoms with Crippen LogP contribution in [0.15, 0.2) is 30.3 Å². The highest BCUT2D eigenvalue weighted by Gasteiger charge is 2.25. The van der Waals surface area contributed by atoms with Gasteiger partial charge in [0.25, 0.3) is 0 Å². The lowest BCUT2D eigenvalue weighted by atomic mass is 10.1. The van der Waals surface area contributed by atoms with Gasteiger partial charge in [-0.15, -0.1) is 11.6 Å². The summed E-state index contributed by atoms with van der Waals surface area (Å²) in [6, 6.07) is 9.75. The third-order valence-corrected chi connectivity index (χ3v) is 2.89. The van der Waals surface area contributed by atoms with Gasteiger partial charge in [-0.1, -0.05) is 30.3 Å². The van der Waals surface area contributed by atoms with Crippen molar-refractivity contribution in [2.75, 3.05) is 6.61 Å². The van der Waals surface area contributed by atoms with E-state index in [0.29, 0.717) is 12.8 Å². The maximum absolute atomic E-state index is 11.3. The van der Waals surface area contributed by atoms with Gasteiger partial charge in [-0.25, -0.2) is 0 Å². The van der Waals surface area contributed by atoms with E-state index in [1.54, 1.807) is 6.92 Å². The quantitative estimate of drug-likeness (QED) is 0.627. The second-order valence-electron chi connectivity index (χ2n) is 3.75. The molecule has 0 bridgehead atoms. The van der Waals surface area contributed by atoms with Gasteiger partial charge in [-0.05, 0) is 25.3 Å². The third kappa shape index (κ3) is 4.75. The normalized spacial score (nSPS) is 14.1.